The summed E-state index contributed by atoms with van der Waals surface area (Å²) in [4.78, 5) is 21.7. The third kappa shape index (κ3) is 2.54. The number of aliphatic carboxylic acids is 1. The van der Waals surface area contributed by atoms with E-state index in [4.69, 9.17) is 14.3 Å². The molecule has 0 unspecified atom stereocenters. The molecule has 0 atom stereocenters. The molecule has 0 saturated heterocycles. The Hall–Kier alpha value is -2.08. The number of carboxylic acids is 1. The number of rotatable bonds is 5. The highest BCUT2D eigenvalue weighted by atomic mass is 16.5. The average Bonchev–Trinajstić information content (AvgIpc) is 2.60. The van der Waals surface area contributed by atoms with Crippen LogP contribution in [0.2, 0.25) is 0 Å². The second-order valence-corrected chi connectivity index (χ2v) is 3.43. The Morgan fingerprint density at radius 3 is 2.94 bits per heavy atom. The number of oxazole rings is 1. The van der Waals surface area contributed by atoms with Gasteiger partial charge in [-0.25, -0.2) is 9.59 Å². The van der Waals surface area contributed by atoms with Crippen molar-refractivity contribution in [3.63, 3.8) is 0 Å². The molecule has 2 aromatic rings. The normalized spacial score (nSPS) is 10.8. The minimum atomic E-state index is -1.03. The molecule has 17 heavy (non-hydrogen) atoms. The molecule has 6 heteroatoms. The van der Waals surface area contributed by atoms with Crippen molar-refractivity contribution in [1.82, 2.24) is 4.57 Å². The molecule has 1 aromatic heterocycles. The molecule has 0 saturated carbocycles. The minimum Gasteiger partial charge on any atom is -0.480 e. The fraction of sp³-hybridized carbons (Fsp3) is 0.273. The zero-order valence-electron chi connectivity index (χ0n) is 8.96. The van der Waals surface area contributed by atoms with Crippen molar-refractivity contribution >= 4 is 17.1 Å². The summed E-state index contributed by atoms with van der Waals surface area (Å²) < 4.78 is 11.3. The van der Waals surface area contributed by atoms with E-state index < -0.39 is 11.7 Å². The van der Waals surface area contributed by atoms with Crippen molar-refractivity contribution in [2.75, 3.05) is 13.2 Å². The first-order valence-corrected chi connectivity index (χ1v) is 5.06. The summed E-state index contributed by atoms with van der Waals surface area (Å²) in [5.74, 6) is -1.50. The van der Waals surface area contributed by atoms with Crippen LogP contribution in [0.15, 0.2) is 33.5 Å². The van der Waals surface area contributed by atoms with E-state index in [0.29, 0.717) is 11.1 Å². The topological polar surface area (TPSA) is 81.7 Å². The SMILES string of the molecule is O=C(O)COCCn1c(=O)oc2ccccc21. The van der Waals surface area contributed by atoms with Crippen LogP contribution in [-0.4, -0.2) is 28.9 Å². The molecular formula is C11H11NO5. The minimum absolute atomic E-state index is 0.149. The first-order chi connectivity index (χ1) is 8.18. The Bertz CT molecular complexity index is 583. The summed E-state index contributed by atoms with van der Waals surface area (Å²) in [5.41, 5.74) is 1.19. The van der Waals surface area contributed by atoms with Crippen LogP contribution in [0.3, 0.4) is 0 Å². The highest BCUT2D eigenvalue weighted by Crippen LogP contribution is 2.11. The number of fused-ring (bicyclic) bond motifs is 1. The highest BCUT2D eigenvalue weighted by Gasteiger charge is 2.07. The van der Waals surface area contributed by atoms with Gasteiger partial charge in [0, 0.05) is 0 Å². The molecule has 0 aliphatic carbocycles. The van der Waals surface area contributed by atoms with Gasteiger partial charge in [0.1, 0.15) is 6.61 Å². The maximum Gasteiger partial charge on any atom is 0.420 e. The lowest BCUT2D eigenvalue weighted by molar-refractivity contribution is -0.142. The number of hydrogen-bond acceptors (Lipinski definition) is 4. The molecule has 0 amide bonds. The quantitative estimate of drug-likeness (QED) is 0.774. The van der Waals surface area contributed by atoms with Gasteiger partial charge in [-0.3, -0.25) is 4.57 Å². The van der Waals surface area contributed by atoms with Gasteiger partial charge in [-0.1, -0.05) is 12.1 Å². The van der Waals surface area contributed by atoms with Crippen molar-refractivity contribution in [2.45, 2.75) is 6.54 Å². The van der Waals surface area contributed by atoms with E-state index in [1.54, 1.807) is 24.3 Å². The summed E-state index contributed by atoms with van der Waals surface area (Å²) in [6.07, 6.45) is 0. The van der Waals surface area contributed by atoms with E-state index in [-0.39, 0.29) is 19.8 Å². The number of hydrogen-bond donors (Lipinski definition) is 1. The zero-order valence-corrected chi connectivity index (χ0v) is 8.96. The molecule has 90 valence electrons. The largest absolute Gasteiger partial charge is 0.480 e. The Kier molecular flexibility index (Phi) is 3.24. The van der Waals surface area contributed by atoms with Crippen molar-refractivity contribution in [2.24, 2.45) is 0 Å². The number of benzene rings is 1. The zero-order chi connectivity index (χ0) is 12.3. The molecule has 0 aliphatic rings. The Labute approximate surface area is 96.0 Å². The van der Waals surface area contributed by atoms with Crippen LogP contribution in [0.25, 0.3) is 11.1 Å². The van der Waals surface area contributed by atoms with Gasteiger partial charge >= 0.3 is 11.7 Å². The van der Waals surface area contributed by atoms with Gasteiger partial charge in [0.05, 0.1) is 18.7 Å². The van der Waals surface area contributed by atoms with Crippen molar-refractivity contribution in [3.8, 4) is 0 Å². The predicted octanol–water partition coefficient (Wildman–Crippen LogP) is 0.696. The summed E-state index contributed by atoms with van der Waals surface area (Å²) in [5, 5.41) is 8.38. The van der Waals surface area contributed by atoms with Crippen molar-refractivity contribution in [1.29, 1.82) is 0 Å². The maximum atomic E-state index is 11.5. The first kappa shape index (κ1) is 11.4. The summed E-state index contributed by atoms with van der Waals surface area (Å²) >= 11 is 0. The molecule has 0 fully saturated rings. The Morgan fingerprint density at radius 1 is 1.41 bits per heavy atom. The molecular weight excluding hydrogens is 226 g/mol. The standard InChI is InChI=1S/C11H11NO5/c13-10(14)7-16-6-5-12-8-3-1-2-4-9(8)17-11(12)15/h1-4H,5-7H2,(H,13,14). The highest BCUT2D eigenvalue weighted by molar-refractivity contribution is 5.72. The Balaban J connectivity index is 2.10. The molecule has 0 bridgehead atoms. The van der Waals surface area contributed by atoms with Crippen LogP contribution >= 0.6 is 0 Å². The van der Waals surface area contributed by atoms with Crippen LogP contribution in [-0.2, 0) is 16.1 Å². The van der Waals surface area contributed by atoms with Crippen molar-refractivity contribution in [3.05, 3.63) is 34.8 Å². The summed E-state index contributed by atoms with van der Waals surface area (Å²) in [6, 6.07) is 7.03. The van der Waals surface area contributed by atoms with Crippen LogP contribution in [0.1, 0.15) is 0 Å². The lowest BCUT2D eigenvalue weighted by atomic mass is 10.3. The molecule has 0 aliphatic heterocycles. The molecule has 2 rings (SSSR count). The van der Waals surface area contributed by atoms with Crippen LogP contribution in [0.4, 0.5) is 0 Å². The van der Waals surface area contributed by atoms with Crippen molar-refractivity contribution < 1.29 is 19.1 Å². The van der Waals surface area contributed by atoms with Crippen LogP contribution in [0.5, 0.6) is 0 Å². The third-order valence-corrected chi connectivity index (χ3v) is 2.26. The predicted molar refractivity (Wildman–Crippen MR) is 58.9 cm³/mol. The smallest absolute Gasteiger partial charge is 0.420 e. The molecule has 1 heterocycles. The first-order valence-electron chi connectivity index (χ1n) is 5.06. The number of aromatic nitrogens is 1. The lowest BCUT2D eigenvalue weighted by Gasteiger charge is -2.02. The van der Waals surface area contributed by atoms with Gasteiger partial charge in [-0.05, 0) is 12.1 Å². The van der Waals surface area contributed by atoms with E-state index in [1.165, 1.54) is 4.57 Å². The van der Waals surface area contributed by atoms with E-state index in [0.717, 1.165) is 0 Å². The second kappa shape index (κ2) is 4.84. The van der Waals surface area contributed by atoms with Gasteiger partial charge < -0.3 is 14.3 Å². The number of para-hydroxylation sites is 2. The number of carbonyl (C=O) groups is 1. The van der Waals surface area contributed by atoms with E-state index >= 15 is 0 Å². The third-order valence-electron chi connectivity index (χ3n) is 2.26. The van der Waals surface area contributed by atoms with Gasteiger partial charge in [-0.2, -0.15) is 0 Å². The van der Waals surface area contributed by atoms with Crippen LogP contribution < -0.4 is 5.76 Å². The van der Waals surface area contributed by atoms with E-state index in [1.807, 2.05) is 0 Å². The van der Waals surface area contributed by atoms with Gasteiger partial charge in [0.15, 0.2) is 5.58 Å². The van der Waals surface area contributed by atoms with Gasteiger partial charge in [-0.15, -0.1) is 0 Å². The molecule has 1 N–H and O–H groups in total. The maximum absolute atomic E-state index is 11.5. The van der Waals surface area contributed by atoms with E-state index in [2.05, 4.69) is 0 Å². The molecule has 0 spiro atoms. The average molecular weight is 237 g/mol. The lowest BCUT2D eigenvalue weighted by Crippen LogP contribution is -2.19. The summed E-state index contributed by atoms with van der Waals surface area (Å²) in [7, 11) is 0. The van der Waals surface area contributed by atoms with Gasteiger partial charge in [0.25, 0.3) is 0 Å². The fourth-order valence-electron chi connectivity index (χ4n) is 1.54. The number of ether oxygens (including phenoxy) is 1. The summed E-state index contributed by atoms with van der Waals surface area (Å²) in [6.45, 7) is 0.0450. The monoisotopic (exact) mass is 237 g/mol. The molecule has 1 aromatic carbocycles. The second-order valence-electron chi connectivity index (χ2n) is 3.43. The van der Waals surface area contributed by atoms with Gasteiger partial charge in [0.2, 0.25) is 0 Å². The number of carboxylic acid groups (broad SMARTS) is 1. The molecule has 0 radical (unpaired) electrons. The van der Waals surface area contributed by atoms with Crippen LogP contribution in [0, 0.1) is 0 Å². The molecule has 6 nitrogen and oxygen atoms in total. The van der Waals surface area contributed by atoms with E-state index in [9.17, 15) is 9.59 Å². The Morgan fingerprint density at radius 2 is 2.18 bits per heavy atom. The number of nitrogens with zero attached hydrogens (tertiary/aromatic N) is 1. The fourth-order valence-corrected chi connectivity index (χ4v) is 1.54.